The average Bonchev–Trinajstić information content (AvgIpc) is 2.47. The fourth-order valence-corrected chi connectivity index (χ4v) is 3.15. The summed E-state index contributed by atoms with van der Waals surface area (Å²) in [7, 11) is 3.23. The van der Waals surface area contributed by atoms with Crippen molar-refractivity contribution < 1.29 is 0 Å². The molecule has 1 heterocycles. The van der Waals surface area contributed by atoms with Gasteiger partial charge in [-0.2, -0.15) is 0 Å². The smallest absolute Gasteiger partial charge is 0.308 e. The zero-order chi connectivity index (χ0) is 14.7. The fraction of sp³-hybridized carbons (Fsp3) is 0.733. The first-order valence-electron chi connectivity index (χ1n) is 7.54. The molecule has 20 heavy (non-hydrogen) atoms. The van der Waals surface area contributed by atoms with Crippen LogP contribution < -0.4 is 16.6 Å². The van der Waals surface area contributed by atoms with Gasteiger partial charge in [0.2, 0.25) is 0 Å². The molecule has 1 aromatic rings. The van der Waals surface area contributed by atoms with E-state index in [0.717, 1.165) is 10.3 Å². The predicted molar refractivity (Wildman–Crippen MR) is 79.8 cm³/mol. The first kappa shape index (κ1) is 15.0. The van der Waals surface area contributed by atoms with Gasteiger partial charge in [0, 0.05) is 38.4 Å². The second kappa shape index (κ2) is 6.39. The highest BCUT2D eigenvalue weighted by Gasteiger charge is 2.23. The van der Waals surface area contributed by atoms with Gasteiger partial charge in [-0.15, -0.1) is 0 Å². The molecule has 2 unspecified atom stereocenters. The number of aromatic nitrogens is 2. The molecule has 0 amide bonds. The van der Waals surface area contributed by atoms with E-state index in [1.54, 1.807) is 17.7 Å². The van der Waals surface area contributed by atoms with Crippen LogP contribution in [0.25, 0.3) is 0 Å². The van der Waals surface area contributed by atoms with Crippen molar-refractivity contribution in [1.82, 2.24) is 14.5 Å². The molecule has 0 radical (unpaired) electrons. The topological polar surface area (TPSA) is 56.0 Å². The van der Waals surface area contributed by atoms with Crippen molar-refractivity contribution in [2.45, 2.75) is 51.6 Å². The van der Waals surface area contributed by atoms with Gasteiger partial charge >= 0.3 is 5.69 Å². The Balaban J connectivity index is 2.11. The van der Waals surface area contributed by atoms with Crippen LogP contribution in [-0.4, -0.2) is 15.2 Å². The Bertz CT molecular complexity index is 573. The van der Waals surface area contributed by atoms with Crippen LogP contribution in [0.2, 0.25) is 0 Å². The Kier molecular flexibility index (Phi) is 4.81. The third-order valence-corrected chi connectivity index (χ3v) is 4.60. The highest BCUT2D eigenvalue weighted by atomic mass is 16.2. The highest BCUT2D eigenvalue weighted by Crippen LogP contribution is 2.26. The molecule has 2 atom stereocenters. The van der Waals surface area contributed by atoms with E-state index >= 15 is 0 Å². The molecule has 1 fully saturated rings. The Morgan fingerprint density at radius 2 is 1.90 bits per heavy atom. The number of nitrogens with zero attached hydrogens (tertiary/aromatic N) is 2. The summed E-state index contributed by atoms with van der Waals surface area (Å²) >= 11 is 0. The zero-order valence-corrected chi connectivity index (χ0v) is 12.7. The second-order valence-corrected chi connectivity index (χ2v) is 5.81. The minimum absolute atomic E-state index is 0.236. The Morgan fingerprint density at radius 3 is 2.60 bits per heavy atom. The molecule has 0 saturated heterocycles. The Hall–Kier alpha value is -1.36. The van der Waals surface area contributed by atoms with Crippen LogP contribution in [0.4, 0.5) is 0 Å². The van der Waals surface area contributed by atoms with Gasteiger partial charge in [-0.05, 0) is 18.8 Å². The third kappa shape index (κ3) is 3.03. The van der Waals surface area contributed by atoms with E-state index < -0.39 is 0 Å². The van der Waals surface area contributed by atoms with Crippen molar-refractivity contribution in [3.63, 3.8) is 0 Å². The number of rotatable bonds is 4. The zero-order valence-electron chi connectivity index (χ0n) is 12.7. The summed E-state index contributed by atoms with van der Waals surface area (Å²) in [6, 6.07) is 2.06. The molecule has 0 spiro atoms. The van der Waals surface area contributed by atoms with Gasteiger partial charge in [0.25, 0.3) is 5.56 Å². The predicted octanol–water partition coefficient (Wildman–Crippen LogP) is 1.14. The van der Waals surface area contributed by atoms with Crippen molar-refractivity contribution in [2.75, 3.05) is 0 Å². The van der Waals surface area contributed by atoms with E-state index in [1.165, 1.54) is 39.2 Å². The maximum atomic E-state index is 11.9. The van der Waals surface area contributed by atoms with Crippen LogP contribution >= 0.6 is 0 Å². The standard InChI is InChI=1S/C15H25N3O2/c1-4-11-7-5-6-8-13(11)16-10-12-9-14(19)18(3)15(20)17(12)2/h9,11,13,16H,4-8,10H2,1-3H3. The van der Waals surface area contributed by atoms with Crippen molar-refractivity contribution >= 4 is 0 Å². The lowest BCUT2D eigenvalue weighted by atomic mass is 9.83. The van der Waals surface area contributed by atoms with Gasteiger partial charge in [-0.3, -0.25) is 13.9 Å². The molecular weight excluding hydrogens is 254 g/mol. The van der Waals surface area contributed by atoms with Crippen LogP contribution in [0.5, 0.6) is 0 Å². The lowest BCUT2D eigenvalue weighted by Gasteiger charge is -2.31. The van der Waals surface area contributed by atoms with Crippen molar-refractivity contribution in [3.05, 3.63) is 32.6 Å². The maximum Gasteiger partial charge on any atom is 0.330 e. The Morgan fingerprint density at radius 1 is 1.20 bits per heavy atom. The Labute approximate surface area is 119 Å². The second-order valence-electron chi connectivity index (χ2n) is 5.81. The fourth-order valence-electron chi connectivity index (χ4n) is 3.15. The third-order valence-electron chi connectivity index (χ3n) is 4.60. The highest BCUT2D eigenvalue weighted by molar-refractivity contribution is 5.02. The van der Waals surface area contributed by atoms with Gasteiger partial charge in [-0.25, -0.2) is 4.79 Å². The molecule has 2 rings (SSSR count). The van der Waals surface area contributed by atoms with E-state index in [2.05, 4.69) is 12.2 Å². The molecule has 1 aliphatic carbocycles. The molecule has 1 aromatic heterocycles. The SMILES string of the molecule is CCC1CCCCC1NCc1cc(=O)n(C)c(=O)n1C. The number of nitrogens with one attached hydrogen (secondary N) is 1. The molecule has 1 saturated carbocycles. The molecule has 1 N–H and O–H groups in total. The molecule has 0 bridgehead atoms. The minimum atomic E-state index is -0.259. The lowest BCUT2D eigenvalue weighted by molar-refractivity contribution is 0.253. The van der Waals surface area contributed by atoms with Gasteiger partial charge < -0.3 is 5.32 Å². The molecule has 1 aliphatic rings. The summed E-state index contributed by atoms with van der Waals surface area (Å²) in [5.41, 5.74) is 0.268. The van der Waals surface area contributed by atoms with Crippen LogP contribution in [-0.2, 0) is 20.6 Å². The normalized spacial score (nSPS) is 22.9. The summed E-state index contributed by atoms with van der Waals surface area (Å²) in [6.07, 6.45) is 6.25. The van der Waals surface area contributed by atoms with E-state index in [4.69, 9.17) is 0 Å². The quantitative estimate of drug-likeness (QED) is 0.899. The van der Waals surface area contributed by atoms with Crippen LogP contribution in [0, 0.1) is 5.92 Å². The van der Waals surface area contributed by atoms with E-state index in [1.807, 2.05) is 0 Å². The first-order valence-corrected chi connectivity index (χ1v) is 7.54. The van der Waals surface area contributed by atoms with Crippen LogP contribution in [0.3, 0.4) is 0 Å². The first-order chi connectivity index (χ1) is 9.54. The van der Waals surface area contributed by atoms with Crippen molar-refractivity contribution in [3.8, 4) is 0 Å². The van der Waals surface area contributed by atoms with Gasteiger partial charge in [-0.1, -0.05) is 26.2 Å². The largest absolute Gasteiger partial charge is 0.330 e. The molecule has 0 aromatic carbocycles. The number of hydrogen-bond acceptors (Lipinski definition) is 3. The van der Waals surface area contributed by atoms with Crippen LogP contribution in [0.15, 0.2) is 15.7 Å². The van der Waals surface area contributed by atoms with E-state index in [-0.39, 0.29) is 11.2 Å². The summed E-state index contributed by atoms with van der Waals surface area (Å²) in [4.78, 5) is 23.6. The maximum absolute atomic E-state index is 11.9. The summed E-state index contributed by atoms with van der Waals surface area (Å²) < 4.78 is 2.69. The van der Waals surface area contributed by atoms with E-state index in [9.17, 15) is 9.59 Å². The van der Waals surface area contributed by atoms with Gasteiger partial charge in [0.05, 0.1) is 0 Å². The van der Waals surface area contributed by atoms with Gasteiger partial charge in [0.1, 0.15) is 0 Å². The molecule has 0 aliphatic heterocycles. The summed E-state index contributed by atoms with van der Waals surface area (Å²) in [5, 5.41) is 3.55. The average molecular weight is 279 g/mol. The van der Waals surface area contributed by atoms with Crippen LogP contribution in [0.1, 0.15) is 44.7 Å². The van der Waals surface area contributed by atoms with E-state index in [0.29, 0.717) is 18.5 Å². The molecular formula is C15H25N3O2. The molecule has 5 nitrogen and oxygen atoms in total. The summed E-state index contributed by atoms with van der Waals surface area (Å²) in [5.74, 6) is 0.715. The molecule has 5 heteroatoms. The number of hydrogen-bond donors (Lipinski definition) is 1. The summed E-state index contributed by atoms with van der Waals surface area (Å²) in [6.45, 7) is 2.82. The van der Waals surface area contributed by atoms with Gasteiger partial charge in [0.15, 0.2) is 0 Å². The lowest BCUT2D eigenvalue weighted by Crippen LogP contribution is -2.42. The minimum Gasteiger partial charge on any atom is -0.308 e. The molecule has 112 valence electrons. The van der Waals surface area contributed by atoms with Crippen molar-refractivity contribution in [1.29, 1.82) is 0 Å². The van der Waals surface area contributed by atoms with Crippen molar-refractivity contribution in [2.24, 2.45) is 20.0 Å². The monoisotopic (exact) mass is 279 g/mol.